The third kappa shape index (κ3) is 2.93. The molecule has 0 saturated carbocycles. The van der Waals surface area contributed by atoms with Crippen molar-refractivity contribution in [2.75, 3.05) is 36.5 Å². The molecule has 1 fully saturated rings. The van der Waals surface area contributed by atoms with Crippen LogP contribution in [0, 0.1) is 0 Å². The van der Waals surface area contributed by atoms with E-state index in [1.807, 2.05) is 30.3 Å². The van der Waals surface area contributed by atoms with Gasteiger partial charge in [0.05, 0.1) is 24.3 Å². The Labute approximate surface area is 137 Å². The SMILES string of the molecule is O=C(Nc1ccc(N2CCOCC2)cc1)c1cc2cn[nH]c2s1. The number of carbonyl (C=O) groups excluding carboxylic acids is 1. The minimum Gasteiger partial charge on any atom is -0.378 e. The monoisotopic (exact) mass is 328 g/mol. The summed E-state index contributed by atoms with van der Waals surface area (Å²) in [6, 6.07) is 9.78. The molecule has 1 aliphatic heterocycles. The smallest absolute Gasteiger partial charge is 0.265 e. The molecular formula is C16H16N4O2S. The lowest BCUT2D eigenvalue weighted by atomic mass is 10.2. The van der Waals surface area contributed by atoms with Crippen molar-refractivity contribution >= 4 is 38.8 Å². The molecule has 4 rings (SSSR count). The van der Waals surface area contributed by atoms with Gasteiger partial charge < -0.3 is 15.0 Å². The van der Waals surface area contributed by atoms with Crippen molar-refractivity contribution in [3.8, 4) is 0 Å². The molecule has 0 aliphatic carbocycles. The quantitative estimate of drug-likeness (QED) is 0.775. The molecule has 0 spiro atoms. The van der Waals surface area contributed by atoms with E-state index >= 15 is 0 Å². The zero-order valence-corrected chi connectivity index (χ0v) is 13.2. The van der Waals surface area contributed by atoms with Gasteiger partial charge in [0.15, 0.2) is 0 Å². The van der Waals surface area contributed by atoms with Crippen LogP contribution < -0.4 is 10.2 Å². The normalized spacial score (nSPS) is 15.0. The van der Waals surface area contributed by atoms with E-state index in [9.17, 15) is 4.79 Å². The van der Waals surface area contributed by atoms with Gasteiger partial charge in [0.2, 0.25) is 0 Å². The van der Waals surface area contributed by atoms with E-state index in [0.717, 1.165) is 47.9 Å². The number of hydrogen-bond acceptors (Lipinski definition) is 5. The summed E-state index contributed by atoms with van der Waals surface area (Å²) in [7, 11) is 0. The van der Waals surface area contributed by atoms with E-state index in [-0.39, 0.29) is 5.91 Å². The Morgan fingerprint density at radius 3 is 2.78 bits per heavy atom. The summed E-state index contributed by atoms with van der Waals surface area (Å²) >= 11 is 1.40. The molecule has 1 aliphatic rings. The average molecular weight is 328 g/mol. The molecule has 1 saturated heterocycles. The molecule has 0 unspecified atom stereocenters. The molecule has 0 radical (unpaired) electrons. The second-order valence-corrected chi connectivity index (χ2v) is 6.42. The summed E-state index contributed by atoms with van der Waals surface area (Å²) in [6.45, 7) is 3.33. The number of nitrogens with one attached hydrogen (secondary N) is 2. The Kier molecular flexibility index (Phi) is 3.72. The van der Waals surface area contributed by atoms with Crippen molar-refractivity contribution in [3.05, 3.63) is 41.4 Å². The number of fused-ring (bicyclic) bond motifs is 1. The summed E-state index contributed by atoms with van der Waals surface area (Å²) in [4.78, 5) is 16.2. The maximum Gasteiger partial charge on any atom is 0.265 e. The molecular weight excluding hydrogens is 312 g/mol. The molecule has 0 bridgehead atoms. The highest BCUT2D eigenvalue weighted by Crippen LogP contribution is 2.25. The summed E-state index contributed by atoms with van der Waals surface area (Å²) in [5.41, 5.74) is 1.95. The molecule has 118 valence electrons. The zero-order chi connectivity index (χ0) is 15.6. The van der Waals surface area contributed by atoms with Crippen molar-refractivity contribution in [1.29, 1.82) is 0 Å². The molecule has 7 heteroatoms. The Morgan fingerprint density at radius 1 is 1.26 bits per heavy atom. The van der Waals surface area contributed by atoms with Gasteiger partial charge >= 0.3 is 0 Å². The van der Waals surface area contributed by atoms with Crippen LogP contribution in [0.1, 0.15) is 9.67 Å². The van der Waals surface area contributed by atoms with Gasteiger partial charge in [0.25, 0.3) is 5.91 Å². The number of carbonyl (C=O) groups is 1. The van der Waals surface area contributed by atoms with E-state index in [2.05, 4.69) is 20.4 Å². The molecule has 1 aromatic carbocycles. The highest BCUT2D eigenvalue weighted by Gasteiger charge is 2.13. The van der Waals surface area contributed by atoms with Crippen molar-refractivity contribution in [1.82, 2.24) is 10.2 Å². The van der Waals surface area contributed by atoms with E-state index in [1.165, 1.54) is 11.3 Å². The number of morpholine rings is 1. The fourth-order valence-corrected chi connectivity index (χ4v) is 3.51. The number of rotatable bonds is 3. The van der Waals surface area contributed by atoms with E-state index < -0.39 is 0 Å². The van der Waals surface area contributed by atoms with Crippen LogP contribution >= 0.6 is 11.3 Å². The zero-order valence-electron chi connectivity index (χ0n) is 12.4. The lowest BCUT2D eigenvalue weighted by molar-refractivity contribution is 0.103. The summed E-state index contributed by atoms with van der Waals surface area (Å²) in [5, 5.41) is 10.7. The van der Waals surface area contributed by atoms with Gasteiger partial charge in [-0.15, -0.1) is 11.3 Å². The first kappa shape index (κ1) is 14.2. The Hall–Kier alpha value is -2.38. The number of hydrogen-bond donors (Lipinski definition) is 2. The van der Waals surface area contributed by atoms with Crippen LogP contribution in [0.4, 0.5) is 11.4 Å². The minimum absolute atomic E-state index is 0.0984. The number of ether oxygens (including phenoxy) is 1. The Balaban J connectivity index is 1.45. The Morgan fingerprint density at radius 2 is 2.04 bits per heavy atom. The molecule has 3 heterocycles. The number of H-pyrrole nitrogens is 1. The molecule has 2 aromatic heterocycles. The van der Waals surface area contributed by atoms with Crippen LogP contribution in [0.25, 0.3) is 10.2 Å². The van der Waals surface area contributed by atoms with E-state index in [4.69, 9.17) is 4.74 Å². The number of nitrogens with zero attached hydrogens (tertiary/aromatic N) is 2. The molecule has 2 N–H and O–H groups in total. The van der Waals surface area contributed by atoms with E-state index in [1.54, 1.807) is 6.20 Å². The molecule has 6 nitrogen and oxygen atoms in total. The van der Waals surface area contributed by atoms with Gasteiger partial charge in [0.1, 0.15) is 4.83 Å². The van der Waals surface area contributed by atoms with Crippen LogP contribution in [0.2, 0.25) is 0 Å². The van der Waals surface area contributed by atoms with Crippen LogP contribution in [0.15, 0.2) is 36.5 Å². The highest BCUT2D eigenvalue weighted by molar-refractivity contribution is 7.20. The third-order valence-corrected chi connectivity index (χ3v) is 4.91. The fraction of sp³-hybridized carbons (Fsp3) is 0.250. The van der Waals surface area contributed by atoms with Gasteiger partial charge in [-0.1, -0.05) is 0 Å². The predicted octanol–water partition coefficient (Wildman–Crippen LogP) is 2.71. The van der Waals surface area contributed by atoms with Crippen molar-refractivity contribution < 1.29 is 9.53 Å². The van der Waals surface area contributed by atoms with Gasteiger partial charge in [-0.3, -0.25) is 9.89 Å². The first-order valence-electron chi connectivity index (χ1n) is 7.46. The lowest BCUT2D eigenvalue weighted by Crippen LogP contribution is -2.36. The predicted molar refractivity (Wildman–Crippen MR) is 91.4 cm³/mol. The number of amides is 1. The van der Waals surface area contributed by atoms with Crippen LogP contribution in [-0.4, -0.2) is 42.4 Å². The van der Waals surface area contributed by atoms with Crippen LogP contribution in [0.3, 0.4) is 0 Å². The largest absolute Gasteiger partial charge is 0.378 e. The second-order valence-electron chi connectivity index (χ2n) is 5.37. The standard InChI is InChI=1S/C16H16N4O2S/c21-15(14-9-11-10-17-19-16(11)23-14)18-12-1-3-13(4-2-12)20-5-7-22-8-6-20/h1-4,9-10H,5-8H2,(H,17,19)(H,18,21). The number of aromatic nitrogens is 2. The van der Waals surface area contributed by atoms with Crippen molar-refractivity contribution in [3.63, 3.8) is 0 Å². The Bertz CT molecular complexity index is 790. The highest BCUT2D eigenvalue weighted by atomic mass is 32.1. The molecule has 1 amide bonds. The van der Waals surface area contributed by atoms with Gasteiger partial charge in [-0.25, -0.2) is 0 Å². The fourth-order valence-electron chi connectivity index (χ4n) is 2.63. The lowest BCUT2D eigenvalue weighted by Gasteiger charge is -2.28. The van der Waals surface area contributed by atoms with Crippen molar-refractivity contribution in [2.24, 2.45) is 0 Å². The summed E-state index contributed by atoms with van der Waals surface area (Å²) < 4.78 is 5.36. The van der Waals surface area contributed by atoms with Crippen LogP contribution in [0.5, 0.6) is 0 Å². The third-order valence-electron chi connectivity index (χ3n) is 3.86. The summed E-state index contributed by atoms with van der Waals surface area (Å²) in [5.74, 6) is -0.0984. The van der Waals surface area contributed by atoms with Crippen molar-refractivity contribution in [2.45, 2.75) is 0 Å². The van der Waals surface area contributed by atoms with Gasteiger partial charge in [-0.2, -0.15) is 5.10 Å². The first-order valence-corrected chi connectivity index (χ1v) is 8.28. The van der Waals surface area contributed by atoms with E-state index in [0.29, 0.717) is 4.88 Å². The minimum atomic E-state index is -0.0984. The molecule has 0 atom stereocenters. The first-order chi connectivity index (χ1) is 11.3. The summed E-state index contributed by atoms with van der Waals surface area (Å²) in [6.07, 6.45) is 1.72. The topological polar surface area (TPSA) is 70.2 Å². The number of anilines is 2. The number of aromatic amines is 1. The average Bonchev–Trinajstić information content (AvgIpc) is 3.18. The number of benzene rings is 1. The van der Waals surface area contributed by atoms with Crippen LogP contribution in [-0.2, 0) is 4.74 Å². The van der Waals surface area contributed by atoms with Gasteiger partial charge in [0, 0.05) is 29.9 Å². The second kappa shape index (κ2) is 6.02. The number of thiophene rings is 1. The molecule has 23 heavy (non-hydrogen) atoms. The maximum absolute atomic E-state index is 12.3. The maximum atomic E-state index is 12.3. The van der Waals surface area contributed by atoms with Gasteiger partial charge in [-0.05, 0) is 30.3 Å². The molecule has 3 aromatic rings.